The lowest BCUT2D eigenvalue weighted by Crippen LogP contribution is -2.43. The minimum absolute atomic E-state index is 0. The predicted octanol–water partition coefficient (Wildman–Crippen LogP) is 1.48. The number of halogens is 1. The second-order valence-corrected chi connectivity index (χ2v) is 5.37. The molecule has 7 heteroatoms. The lowest BCUT2D eigenvalue weighted by Gasteiger charge is -2.23. The first-order valence-corrected chi connectivity index (χ1v) is 7.60. The molecule has 1 fully saturated rings. The molecule has 0 radical (unpaired) electrons. The molecule has 1 aliphatic heterocycles. The summed E-state index contributed by atoms with van der Waals surface area (Å²) in [6, 6.07) is 5.35. The fraction of sp³-hybridized carbons (Fsp3) is 0.500. The minimum atomic E-state index is -0.139. The number of ether oxygens (including phenoxy) is 1. The SMILES string of the molecule is CCNC(=O)c1ccc(C)c(NC(=O)CC2COCCN2)c1.Cl. The highest BCUT2D eigenvalue weighted by molar-refractivity contribution is 5.97. The Hall–Kier alpha value is -1.63. The Morgan fingerprint density at radius 3 is 2.83 bits per heavy atom. The van der Waals surface area contributed by atoms with Crippen LogP contribution in [0.1, 0.15) is 29.3 Å². The Morgan fingerprint density at radius 1 is 1.39 bits per heavy atom. The van der Waals surface area contributed by atoms with Crippen molar-refractivity contribution in [3.63, 3.8) is 0 Å². The zero-order valence-electron chi connectivity index (χ0n) is 13.5. The molecule has 0 bridgehead atoms. The molecule has 128 valence electrons. The number of aryl methyl sites for hydroxylation is 1. The van der Waals surface area contributed by atoms with Crippen molar-refractivity contribution in [3.8, 4) is 0 Å². The van der Waals surface area contributed by atoms with E-state index in [-0.39, 0.29) is 30.3 Å². The molecule has 1 unspecified atom stereocenters. The van der Waals surface area contributed by atoms with E-state index >= 15 is 0 Å². The third-order valence-corrected chi connectivity index (χ3v) is 3.54. The van der Waals surface area contributed by atoms with Gasteiger partial charge in [-0.1, -0.05) is 6.07 Å². The van der Waals surface area contributed by atoms with Gasteiger partial charge in [0, 0.05) is 36.8 Å². The molecule has 23 heavy (non-hydrogen) atoms. The average molecular weight is 342 g/mol. The van der Waals surface area contributed by atoms with E-state index in [0.29, 0.717) is 37.4 Å². The lowest BCUT2D eigenvalue weighted by molar-refractivity contribution is -0.117. The molecule has 1 saturated heterocycles. The van der Waals surface area contributed by atoms with Crippen molar-refractivity contribution in [2.45, 2.75) is 26.3 Å². The predicted molar refractivity (Wildman–Crippen MR) is 92.3 cm³/mol. The van der Waals surface area contributed by atoms with Crippen molar-refractivity contribution in [2.24, 2.45) is 0 Å². The van der Waals surface area contributed by atoms with Crippen molar-refractivity contribution in [3.05, 3.63) is 29.3 Å². The number of anilines is 1. The van der Waals surface area contributed by atoms with Crippen LogP contribution in [0.15, 0.2) is 18.2 Å². The average Bonchev–Trinajstić information content (AvgIpc) is 2.50. The summed E-state index contributed by atoms with van der Waals surface area (Å²) in [7, 11) is 0. The molecular weight excluding hydrogens is 318 g/mol. The number of hydrogen-bond donors (Lipinski definition) is 3. The molecule has 2 rings (SSSR count). The molecule has 2 amide bonds. The highest BCUT2D eigenvalue weighted by atomic mass is 35.5. The number of carbonyl (C=O) groups is 2. The Bertz CT molecular complexity index is 545. The topological polar surface area (TPSA) is 79.5 Å². The Kier molecular flexibility index (Phi) is 8.02. The number of benzene rings is 1. The molecule has 0 aromatic heterocycles. The molecule has 1 atom stereocenters. The number of amides is 2. The third kappa shape index (κ3) is 5.82. The second kappa shape index (κ2) is 9.50. The summed E-state index contributed by atoms with van der Waals surface area (Å²) in [5.74, 6) is -0.223. The van der Waals surface area contributed by atoms with Gasteiger partial charge in [-0.2, -0.15) is 0 Å². The van der Waals surface area contributed by atoms with Crippen LogP contribution in [0.5, 0.6) is 0 Å². The van der Waals surface area contributed by atoms with Gasteiger partial charge in [-0.3, -0.25) is 9.59 Å². The van der Waals surface area contributed by atoms with E-state index in [1.54, 1.807) is 12.1 Å². The summed E-state index contributed by atoms with van der Waals surface area (Å²) in [5.41, 5.74) is 2.14. The van der Waals surface area contributed by atoms with Gasteiger partial charge in [0.1, 0.15) is 0 Å². The number of hydrogen-bond acceptors (Lipinski definition) is 4. The highest BCUT2D eigenvalue weighted by Crippen LogP contribution is 2.17. The quantitative estimate of drug-likeness (QED) is 0.758. The van der Waals surface area contributed by atoms with E-state index in [2.05, 4.69) is 16.0 Å². The maximum absolute atomic E-state index is 12.1. The minimum Gasteiger partial charge on any atom is -0.378 e. The maximum Gasteiger partial charge on any atom is 0.251 e. The van der Waals surface area contributed by atoms with Crippen molar-refractivity contribution >= 4 is 29.9 Å². The summed E-state index contributed by atoms with van der Waals surface area (Å²) in [4.78, 5) is 24.0. The summed E-state index contributed by atoms with van der Waals surface area (Å²) < 4.78 is 5.34. The van der Waals surface area contributed by atoms with Crippen LogP contribution < -0.4 is 16.0 Å². The van der Waals surface area contributed by atoms with Crippen LogP contribution in [0.4, 0.5) is 5.69 Å². The van der Waals surface area contributed by atoms with Gasteiger partial charge in [-0.15, -0.1) is 12.4 Å². The van der Waals surface area contributed by atoms with Gasteiger partial charge in [0.15, 0.2) is 0 Å². The zero-order valence-corrected chi connectivity index (χ0v) is 14.3. The van der Waals surface area contributed by atoms with Crippen LogP contribution in [0, 0.1) is 6.92 Å². The fourth-order valence-corrected chi connectivity index (χ4v) is 2.34. The normalized spacial score (nSPS) is 17.0. The van der Waals surface area contributed by atoms with Gasteiger partial charge in [-0.25, -0.2) is 0 Å². The molecule has 1 aromatic rings. The monoisotopic (exact) mass is 341 g/mol. The standard InChI is InChI=1S/C16H23N3O3.ClH/c1-3-17-16(21)12-5-4-11(2)14(8-12)19-15(20)9-13-10-22-7-6-18-13;/h4-5,8,13,18H,3,6-7,9-10H2,1-2H3,(H,17,21)(H,19,20);1H. The van der Waals surface area contributed by atoms with Crippen molar-refractivity contribution < 1.29 is 14.3 Å². The van der Waals surface area contributed by atoms with Crippen molar-refractivity contribution in [2.75, 3.05) is 31.6 Å². The van der Waals surface area contributed by atoms with Crippen molar-refractivity contribution in [1.29, 1.82) is 0 Å². The van der Waals surface area contributed by atoms with Gasteiger partial charge in [0.2, 0.25) is 5.91 Å². The van der Waals surface area contributed by atoms with Crippen LogP contribution in [-0.4, -0.2) is 44.2 Å². The zero-order chi connectivity index (χ0) is 15.9. The Labute approximate surface area is 142 Å². The van der Waals surface area contributed by atoms with E-state index in [9.17, 15) is 9.59 Å². The van der Waals surface area contributed by atoms with E-state index in [1.165, 1.54) is 0 Å². The summed E-state index contributed by atoms with van der Waals surface area (Å²) >= 11 is 0. The van der Waals surface area contributed by atoms with E-state index < -0.39 is 0 Å². The van der Waals surface area contributed by atoms with Crippen LogP contribution in [0.3, 0.4) is 0 Å². The maximum atomic E-state index is 12.1. The second-order valence-electron chi connectivity index (χ2n) is 5.37. The molecule has 0 spiro atoms. The largest absolute Gasteiger partial charge is 0.378 e. The van der Waals surface area contributed by atoms with Gasteiger partial charge >= 0.3 is 0 Å². The molecule has 6 nitrogen and oxygen atoms in total. The highest BCUT2D eigenvalue weighted by Gasteiger charge is 2.17. The van der Waals surface area contributed by atoms with Gasteiger partial charge in [-0.05, 0) is 31.5 Å². The van der Waals surface area contributed by atoms with Gasteiger partial charge in [0.05, 0.1) is 13.2 Å². The number of carbonyl (C=O) groups excluding carboxylic acids is 2. The molecule has 0 saturated carbocycles. The first kappa shape index (κ1) is 19.4. The lowest BCUT2D eigenvalue weighted by atomic mass is 10.1. The molecular formula is C16H24ClN3O3. The summed E-state index contributed by atoms with van der Waals surface area (Å²) in [6.07, 6.45) is 0.352. The molecule has 1 heterocycles. The Balaban J connectivity index is 0.00000264. The van der Waals surface area contributed by atoms with Crippen molar-refractivity contribution in [1.82, 2.24) is 10.6 Å². The van der Waals surface area contributed by atoms with Gasteiger partial charge < -0.3 is 20.7 Å². The number of morpholine rings is 1. The first-order chi connectivity index (χ1) is 10.6. The molecule has 3 N–H and O–H groups in total. The van der Waals surface area contributed by atoms with Crippen LogP contribution in [0.25, 0.3) is 0 Å². The molecule has 1 aromatic carbocycles. The Morgan fingerprint density at radius 2 is 2.17 bits per heavy atom. The summed E-state index contributed by atoms with van der Waals surface area (Å²) in [6.45, 7) is 6.34. The number of rotatable bonds is 5. The third-order valence-electron chi connectivity index (χ3n) is 3.54. The summed E-state index contributed by atoms with van der Waals surface area (Å²) in [5, 5.41) is 8.88. The molecule has 1 aliphatic rings. The van der Waals surface area contributed by atoms with E-state index in [0.717, 1.165) is 12.1 Å². The van der Waals surface area contributed by atoms with Crippen LogP contribution >= 0.6 is 12.4 Å². The van der Waals surface area contributed by atoms with Gasteiger partial charge in [0.25, 0.3) is 5.91 Å². The van der Waals surface area contributed by atoms with E-state index in [4.69, 9.17) is 4.74 Å². The van der Waals surface area contributed by atoms with Crippen LogP contribution in [-0.2, 0) is 9.53 Å². The van der Waals surface area contributed by atoms with E-state index in [1.807, 2.05) is 19.9 Å². The first-order valence-electron chi connectivity index (χ1n) is 7.60. The number of nitrogens with one attached hydrogen (secondary N) is 3. The fourth-order valence-electron chi connectivity index (χ4n) is 2.34. The smallest absolute Gasteiger partial charge is 0.251 e. The van der Waals surface area contributed by atoms with Crippen LogP contribution in [0.2, 0.25) is 0 Å². The molecule has 0 aliphatic carbocycles.